The average Bonchev–Trinajstić information content (AvgIpc) is 2.61. The number of carbonyl (C=O) groups is 1. The molecule has 1 aromatic rings. The van der Waals surface area contributed by atoms with E-state index < -0.39 is 16.0 Å². The average molecular weight is 303 g/mol. The number of hydrogen-bond acceptors (Lipinski definition) is 4. The van der Waals surface area contributed by atoms with Crippen molar-refractivity contribution in [1.29, 1.82) is 0 Å². The normalized spacial score (nSPS) is 13.4. The molecule has 0 fully saturated rings. The Labute approximate surface area is 119 Å². The number of rotatable bonds is 7. The number of carboxylic acid groups (broad SMARTS) is 1. The molecule has 0 amide bonds. The van der Waals surface area contributed by atoms with E-state index in [4.69, 9.17) is 5.11 Å². The first-order valence-electron chi connectivity index (χ1n) is 6.47. The van der Waals surface area contributed by atoms with Gasteiger partial charge in [-0.1, -0.05) is 6.92 Å². The zero-order valence-electron chi connectivity index (χ0n) is 12.2. The molecule has 0 aliphatic carbocycles. The monoisotopic (exact) mass is 303 g/mol. The molecule has 1 rings (SSSR count). The Morgan fingerprint density at radius 3 is 2.55 bits per heavy atom. The Balaban J connectivity index is 3.10. The highest BCUT2D eigenvalue weighted by molar-refractivity contribution is 7.89. The molecule has 8 heteroatoms. The molecule has 7 nitrogen and oxygen atoms in total. The van der Waals surface area contributed by atoms with Gasteiger partial charge in [-0.25, -0.2) is 13.1 Å². The maximum absolute atomic E-state index is 12.3. The molecule has 0 bridgehead atoms. The SMILES string of the molecule is CCC(C)NS(=O)(=O)c1c(C)nn(CCC(=O)O)c1C. The number of sulfonamides is 1. The molecule has 2 N–H and O–H groups in total. The van der Waals surface area contributed by atoms with Crippen LogP contribution in [0.1, 0.15) is 38.1 Å². The maximum Gasteiger partial charge on any atom is 0.305 e. The van der Waals surface area contributed by atoms with E-state index in [1.54, 1.807) is 20.8 Å². The Morgan fingerprint density at radius 2 is 2.05 bits per heavy atom. The van der Waals surface area contributed by atoms with Crippen molar-refractivity contribution in [3.63, 3.8) is 0 Å². The second kappa shape index (κ2) is 6.36. The minimum absolute atomic E-state index is 0.0970. The molecule has 1 atom stereocenters. The van der Waals surface area contributed by atoms with E-state index in [0.717, 1.165) is 0 Å². The van der Waals surface area contributed by atoms with Crippen LogP contribution in [-0.4, -0.2) is 35.3 Å². The maximum atomic E-state index is 12.3. The van der Waals surface area contributed by atoms with Crippen LogP contribution in [0.15, 0.2) is 4.90 Å². The molecular weight excluding hydrogens is 282 g/mol. The minimum atomic E-state index is -3.63. The summed E-state index contributed by atoms with van der Waals surface area (Å²) in [5, 5.41) is 12.8. The van der Waals surface area contributed by atoms with Gasteiger partial charge in [-0.3, -0.25) is 9.48 Å². The quantitative estimate of drug-likeness (QED) is 0.784. The number of aliphatic carboxylic acids is 1. The molecule has 0 radical (unpaired) electrons. The molecule has 0 spiro atoms. The third-order valence-corrected chi connectivity index (χ3v) is 4.93. The fraction of sp³-hybridized carbons (Fsp3) is 0.667. The minimum Gasteiger partial charge on any atom is -0.481 e. The van der Waals surface area contributed by atoms with Crippen molar-refractivity contribution in [2.24, 2.45) is 0 Å². The Morgan fingerprint density at radius 1 is 1.45 bits per heavy atom. The fourth-order valence-electron chi connectivity index (χ4n) is 1.90. The first-order valence-corrected chi connectivity index (χ1v) is 7.95. The largest absolute Gasteiger partial charge is 0.481 e. The highest BCUT2D eigenvalue weighted by atomic mass is 32.2. The second-order valence-electron chi connectivity index (χ2n) is 4.80. The molecule has 1 aromatic heterocycles. The smallest absolute Gasteiger partial charge is 0.305 e. The predicted octanol–water partition coefficient (Wildman–Crippen LogP) is 1.05. The van der Waals surface area contributed by atoms with E-state index in [1.165, 1.54) is 4.68 Å². The van der Waals surface area contributed by atoms with Crippen molar-refractivity contribution in [2.75, 3.05) is 0 Å². The van der Waals surface area contributed by atoms with Crippen molar-refractivity contribution in [2.45, 2.75) is 58.0 Å². The summed E-state index contributed by atoms with van der Waals surface area (Å²) in [6, 6.07) is -0.166. The van der Waals surface area contributed by atoms with Crippen LogP contribution in [0.5, 0.6) is 0 Å². The van der Waals surface area contributed by atoms with Gasteiger partial charge in [-0.05, 0) is 27.2 Å². The van der Waals surface area contributed by atoms with Gasteiger partial charge in [-0.2, -0.15) is 5.10 Å². The van der Waals surface area contributed by atoms with E-state index in [9.17, 15) is 13.2 Å². The summed E-state index contributed by atoms with van der Waals surface area (Å²) < 4.78 is 28.6. The lowest BCUT2D eigenvalue weighted by Crippen LogP contribution is -2.32. The van der Waals surface area contributed by atoms with E-state index in [2.05, 4.69) is 9.82 Å². The van der Waals surface area contributed by atoms with Gasteiger partial charge in [0.15, 0.2) is 0 Å². The summed E-state index contributed by atoms with van der Waals surface area (Å²) in [7, 11) is -3.63. The van der Waals surface area contributed by atoms with Crippen LogP contribution in [0.4, 0.5) is 0 Å². The van der Waals surface area contributed by atoms with Crippen LogP contribution in [0.25, 0.3) is 0 Å². The van der Waals surface area contributed by atoms with E-state index in [1.807, 2.05) is 6.92 Å². The van der Waals surface area contributed by atoms with E-state index in [-0.39, 0.29) is 23.9 Å². The Hall–Kier alpha value is -1.41. The van der Waals surface area contributed by atoms with Crippen molar-refractivity contribution in [3.05, 3.63) is 11.4 Å². The standard InChI is InChI=1S/C12H21N3O4S/c1-5-8(2)14-20(18,19)12-9(3)13-15(10(12)4)7-6-11(16)17/h8,14H,5-7H2,1-4H3,(H,16,17). The molecule has 0 aliphatic rings. The van der Waals surface area contributed by atoms with Gasteiger partial charge in [0.25, 0.3) is 0 Å². The second-order valence-corrected chi connectivity index (χ2v) is 6.45. The van der Waals surface area contributed by atoms with Crippen LogP contribution in [0.2, 0.25) is 0 Å². The number of aryl methyl sites for hydroxylation is 2. The summed E-state index contributed by atoms with van der Waals surface area (Å²) in [4.78, 5) is 10.7. The zero-order chi connectivity index (χ0) is 15.5. The summed E-state index contributed by atoms with van der Waals surface area (Å²) in [6.07, 6.45) is 0.588. The van der Waals surface area contributed by atoms with Gasteiger partial charge < -0.3 is 5.11 Å². The molecule has 1 heterocycles. The van der Waals surface area contributed by atoms with Crippen LogP contribution in [-0.2, 0) is 21.4 Å². The molecular formula is C12H21N3O4S. The molecule has 0 saturated carbocycles. The van der Waals surface area contributed by atoms with Crippen LogP contribution in [0.3, 0.4) is 0 Å². The molecule has 0 aromatic carbocycles. The van der Waals surface area contributed by atoms with Gasteiger partial charge >= 0.3 is 5.97 Å². The zero-order valence-corrected chi connectivity index (χ0v) is 13.0. The highest BCUT2D eigenvalue weighted by Gasteiger charge is 2.25. The lowest BCUT2D eigenvalue weighted by Gasteiger charge is -2.12. The van der Waals surface area contributed by atoms with Crippen LogP contribution < -0.4 is 4.72 Å². The van der Waals surface area contributed by atoms with E-state index in [0.29, 0.717) is 17.8 Å². The lowest BCUT2D eigenvalue weighted by molar-refractivity contribution is -0.137. The number of nitrogens with one attached hydrogen (secondary N) is 1. The van der Waals surface area contributed by atoms with Gasteiger partial charge in [0, 0.05) is 6.04 Å². The number of nitrogens with zero attached hydrogens (tertiary/aromatic N) is 2. The first-order chi connectivity index (χ1) is 9.19. The van der Waals surface area contributed by atoms with Gasteiger partial charge in [0.2, 0.25) is 10.0 Å². The molecule has 1 unspecified atom stereocenters. The number of carboxylic acids is 1. The predicted molar refractivity (Wildman–Crippen MR) is 74.0 cm³/mol. The third-order valence-electron chi connectivity index (χ3n) is 3.09. The topological polar surface area (TPSA) is 101 Å². The fourth-order valence-corrected chi connectivity index (χ4v) is 3.63. The van der Waals surface area contributed by atoms with Gasteiger partial charge in [-0.15, -0.1) is 0 Å². The van der Waals surface area contributed by atoms with Crippen LogP contribution in [0, 0.1) is 13.8 Å². The Kier molecular flexibility index (Phi) is 5.29. The molecule has 20 heavy (non-hydrogen) atoms. The summed E-state index contributed by atoms with van der Waals surface area (Å²) in [6.45, 7) is 7.07. The van der Waals surface area contributed by atoms with Crippen molar-refractivity contribution < 1.29 is 18.3 Å². The Bertz CT molecular complexity index is 592. The number of hydrogen-bond donors (Lipinski definition) is 2. The molecule has 0 aliphatic heterocycles. The van der Waals surface area contributed by atoms with Crippen molar-refractivity contribution in [3.8, 4) is 0 Å². The van der Waals surface area contributed by atoms with Crippen LogP contribution >= 0.6 is 0 Å². The summed E-state index contributed by atoms with van der Waals surface area (Å²) in [5.74, 6) is -0.945. The van der Waals surface area contributed by atoms with E-state index >= 15 is 0 Å². The summed E-state index contributed by atoms with van der Waals surface area (Å²) >= 11 is 0. The first kappa shape index (κ1) is 16.6. The molecule has 114 valence electrons. The summed E-state index contributed by atoms with van der Waals surface area (Å²) in [5.41, 5.74) is 0.836. The molecule has 0 saturated heterocycles. The van der Waals surface area contributed by atoms with Gasteiger partial charge in [0.05, 0.1) is 24.4 Å². The van der Waals surface area contributed by atoms with Gasteiger partial charge in [0.1, 0.15) is 4.90 Å². The highest BCUT2D eigenvalue weighted by Crippen LogP contribution is 2.20. The lowest BCUT2D eigenvalue weighted by atomic mass is 10.3. The number of aromatic nitrogens is 2. The third kappa shape index (κ3) is 3.80. The van der Waals surface area contributed by atoms with Crippen molar-refractivity contribution in [1.82, 2.24) is 14.5 Å². The van der Waals surface area contributed by atoms with Crippen molar-refractivity contribution >= 4 is 16.0 Å².